The van der Waals surface area contributed by atoms with Crippen molar-refractivity contribution < 1.29 is 14.7 Å². The molecule has 26 heavy (non-hydrogen) atoms. The van der Waals surface area contributed by atoms with Gasteiger partial charge in [-0.1, -0.05) is 30.3 Å². The molecular weight excluding hydrogens is 350 g/mol. The topological polar surface area (TPSA) is 92.2 Å². The van der Waals surface area contributed by atoms with Crippen LogP contribution >= 0.6 is 11.3 Å². The van der Waals surface area contributed by atoms with Gasteiger partial charge in [-0.25, -0.2) is 14.8 Å². The number of hydrogen-bond donors (Lipinski definition) is 2. The van der Waals surface area contributed by atoms with Gasteiger partial charge in [0.2, 0.25) is 0 Å². The van der Waals surface area contributed by atoms with Crippen molar-refractivity contribution in [3.05, 3.63) is 70.2 Å². The second-order valence-electron chi connectivity index (χ2n) is 5.83. The molecule has 1 amide bonds. The number of hydrogen-bond acceptors (Lipinski definition) is 5. The van der Waals surface area contributed by atoms with Crippen LogP contribution in [0.15, 0.2) is 54.2 Å². The zero-order chi connectivity index (χ0) is 18.5. The minimum atomic E-state index is -1.07. The van der Waals surface area contributed by atoms with Crippen LogP contribution in [0, 0.1) is 6.92 Å². The van der Waals surface area contributed by atoms with Gasteiger partial charge in [0.05, 0.1) is 4.88 Å². The lowest BCUT2D eigenvalue weighted by Gasteiger charge is -2.14. The Labute approximate surface area is 154 Å². The van der Waals surface area contributed by atoms with E-state index >= 15 is 0 Å². The fourth-order valence-corrected chi connectivity index (χ4v) is 3.03. The molecule has 2 aromatic heterocycles. The molecular formula is C19H17N3O3S. The summed E-state index contributed by atoms with van der Waals surface area (Å²) < 4.78 is 0. The Balaban J connectivity index is 1.70. The average molecular weight is 367 g/mol. The van der Waals surface area contributed by atoms with Crippen molar-refractivity contribution in [3.63, 3.8) is 0 Å². The predicted octanol–water partition coefficient (Wildman–Crippen LogP) is 2.94. The van der Waals surface area contributed by atoms with E-state index in [1.54, 1.807) is 29.9 Å². The van der Waals surface area contributed by atoms with Crippen molar-refractivity contribution in [2.45, 2.75) is 19.4 Å². The lowest BCUT2D eigenvalue weighted by Crippen LogP contribution is -2.42. The molecule has 0 aliphatic carbocycles. The molecule has 3 aromatic rings. The fourth-order valence-electron chi connectivity index (χ4n) is 2.40. The van der Waals surface area contributed by atoms with Gasteiger partial charge in [0, 0.05) is 24.4 Å². The molecule has 0 bridgehead atoms. The van der Waals surface area contributed by atoms with Gasteiger partial charge in [0.15, 0.2) is 5.82 Å². The SMILES string of the molecule is Cc1cnc(-c2ccc(CC(NC(=O)c3cccs3)C(=O)O)cc2)nc1. The number of aryl methyl sites for hydroxylation is 1. The summed E-state index contributed by atoms with van der Waals surface area (Å²) in [5.74, 6) is -0.833. The van der Waals surface area contributed by atoms with Crippen LogP contribution in [-0.2, 0) is 11.2 Å². The lowest BCUT2D eigenvalue weighted by molar-refractivity contribution is -0.139. The standard InChI is InChI=1S/C19H17N3O3S/c1-12-10-20-17(21-11-12)14-6-4-13(5-7-14)9-15(19(24)25)22-18(23)16-3-2-8-26-16/h2-8,10-11,15H,9H2,1H3,(H,22,23)(H,24,25). The Morgan fingerprint density at radius 3 is 2.42 bits per heavy atom. The van der Waals surface area contributed by atoms with Gasteiger partial charge < -0.3 is 10.4 Å². The molecule has 2 N–H and O–H groups in total. The van der Waals surface area contributed by atoms with Crippen LogP contribution in [-0.4, -0.2) is 33.0 Å². The van der Waals surface area contributed by atoms with E-state index in [1.165, 1.54) is 11.3 Å². The third kappa shape index (κ3) is 4.31. The zero-order valence-corrected chi connectivity index (χ0v) is 14.9. The maximum atomic E-state index is 12.1. The second-order valence-corrected chi connectivity index (χ2v) is 6.77. The summed E-state index contributed by atoms with van der Waals surface area (Å²) in [4.78, 5) is 32.6. The van der Waals surface area contributed by atoms with Gasteiger partial charge >= 0.3 is 5.97 Å². The van der Waals surface area contributed by atoms with Crippen LogP contribution in [0.5, 0.6) is 0 Å². The molecule has 0 spiro atoms. The number of carboxylic acids is 1. The normalized spacial score (nSPS) is 11.7. The number of carbonyl (C=O) groups excluding carboxylic acids is 1. The highest BCUT2D eigenvalue weighted by Crippen LogP contribution is 2.16. The Bertz CT molecular complexity index is 891. The zero-order valence-electron chi connectivity index (χ0n) is 14.0. The molecule has 7 heteroatoms. The molecule has 0 aliphatic heterocycles. The number of rotatable bonds is 6. The number of aromatic nitrogens is 2. The second kappa shape index (κ2) is 7.88. The summed E-state index contributed by atoms with van der Waals surface area (Å²) in [6, 6.07) is 9.76. The van der Waals surface area contributed by atoms with E-state index in [9.17, 15) is 14.7 Å². The maximum Gasteiger partial charge on any atom is 0.326 e. The van der Waals surface area contributed by atoms with E-state index in [0.29, 0.717) is 10.7 Å². The molecule has 2 heterocycles. The summed E-state index contributed by atoms with van der Waals surface area (Å²) in [7, 11) is 0. The number of carbonyl (C=O) groups is 2. The Hall–Kier alpha value is -3.06. The number of carboxylic acid groups (broad SMARTS) is 1. The van der Waals surface area contributed by atoms with E-state index < -0.39 is 12.0 Å². The van der Waals surface area contributed by atoms with Crippen molar-refractivity contribution in [1.82, 2.24) is 15.3 Å². The van der Waals surface area contributed by atoms with Crippen molar-refractivity contribution in [1.29, 1.82) is 0 Å². The van der Waals surface area contributed by atoms with Crippen molar-refractivity contribution >= 4 is 23.2 Å². The molecule has 0 fully saturated rings. The van der Waals surface area contributed by atoms with Gasteiger partial charge in [-0.05, 0) is 29.5 Å². The minimum absolute atomic E-state index is 0.196. The van der Waals surface area contributed by atoms with Gasteiger partial charge in [-0.2, -0.15) is 0 Å². The third-order valence-electron chi connectivity index (χ3n) is 3.78. The molecule has 132 valence electrons. The summed E-state index contributed by atoms with van der Waals surface area (Å²) in [6.45, 7) is 1.92. The Morgan fingerprint density at radius 1 is 1.15 bits per heavy atom. The van der Waals surface area contributed by atoms with E-state index in [0.717, 1.165) is 16.7 Å². The van der Waals surface area contributed by atoms with Crippen LogP contribution in [0.4, 0.5) is 0 Å². The summed E-state index contributed by atoms with van der Waals surface area (Å²) in [5, 5.41) is 13.7. The fraction of sp³-hybridized carbons (Fsp3) is 0.158. The van der Waals surface area contributed by atoms with E-state index in [1.807, 2.05) is 31.2 Å². The molecule has 0 saturated heterocycles. The first kappa shape index (κ1) is 17.8. The number of aliphatic carboxylic acids is 1. The van der Waals surface area contributed by atoms with Crippen molar-refractivity contribution in [2.75, 3.05) is 0 Å². The molecule has 1 atom stereocenters. The van der Waals surface area contributed by atoms with Crippen LogP contribution in [0.3, 0.4) is 0 Å². The number of nitrogens with one attached hydrogen (secondary N) is 1. The highest BCUT2D eigenvalue weighted by Gasteiger charge is 2.21. The van der Waals surface area contributed by atoms with Crippen LogP contribution in [0.25, 0.3) is 11.4 Å². The first-order valence-corrected chi connectivity index (χ1v) is 8.86. The molecule has 6 nitrogen and oxygen atoms in total. The van der Waals surface area contributed by atoms with E-state index in [2.05, 4.69) is 15.3 Å². The smallest absolute Gasteiger partial charge is 0.326 e. The largest absolute Gasteiger partial charge is 0.480 e. The van der Waals surface area contributed by atoms with Gasteiger partial charge in [-0.15, -0.1) is 11.3 Å². The predicted molar refractivity (Wildman–Crippen MR) is 99.1 cm³/mol. The molecule has 3 rings (SSSR count). The molecule has 0 radical (unpaired) electrons. The Kier molecular flexibility index (Phi) is 5.38. The molecule has 1 aromatic carbocycles. The number of benzene rings is 1. The number of nitrogens with zero attached hydrogens (tertiary/aromatic N) is 2. The lowest BCUT2D eigenvalue weighted by atomic mass is 10.0. The van der Waals surface area contributed by atoms with Crippen LogP contribution in [0.1, 0.15) is 20.8 Å². The van der Waals surface area contributed by atoms with Crippen LogP contribution in [0.2, 0.25) is 0 Å². The number of amides is 1. The van der Waals surface area contributed by atoms with Gasteiger partial charge in [0.25, 0.3) is 5.91 Å². The van der Waals surface area contributed by atoms with Crippen molar-refractivity contribution in [3.8, 4) is 11.4 Å². The third-order valence-corrected chi connectivity index (χ3v) is 4.65. The molecule has 1 unspecified atom stereocenters. The summed E-state index contributed by atoms with van der Waals surface area (Å²) >= 11 is 1.27. The monoisotopic (exact) mass is 367 g/mol. The van der Waals surface area contributed by atoms with Crippen molar-refractivity contribution in [2.24, 2.45) is 0 Å². The number of thiophene rings is 1. The highest BCUT2D eigenvalue weighted by atomic mass is 32.1. The maximum absolute atomic E-state index is 12.1. The molecule has 0 aliphatic rings. The minimum Gasteiger partial charge on any atom is -0.480 e. The highest BCUT2D eigenvalue weighted by molar-refractivity contribution is 7.12. The Morgan fingerprint density at radius 2 is 1.85 bits per heavy atom. The summed E-state index contributed by atoms with van der Waals surface area (Å²) in [5.41, 5.74) is 2.64. The van der Waals surface area contributed by atoms with Crippen LogP contribution < -0.4 is 5.32 Å². The van der Waals surface area contributed by atoms with E-state index in [4.69, 9.17) is 0 Å². The van der Waals surface area contributed by atoms with Gasteiger partial charge in [0.1, 0.15) is 6.04 Å². The first-order chi connectivity index (χ1) is 12.5. The quantitative estimate of drug-likeness (QED) is 0.699. The van der Waals surface area contributed by atoms with E-state index in [-0.39, 0.29) is 12.3 Å². The average Bonchev–Trinajstić information content (AvgIpc) is 3.17. The summed E-state index contributed by atoms with van der Waals surface area (Å²) in [6.07, 6.45) is 3.69. The van der Waals surface area contributed by atoms with Gasteiger partial charge in [-0.3, -0.25) is 4.79 Å². The molecule has 0 saturated carbocycles. The first-order valence-electron chi connectivity index (χ1n) is 7.98.